The van der Waals surface area contributed by atoms with Gasteiger partial charge in [-0.05, 0) is 19.8 Å². The molecule has 60 valence electrons. The Hall–Kier alpha value is -1.43. The third kappa shape index (κ3) is 0.884. The number of aromatic nitrogens is 2. The van der Waals surface area contributed by atoms with Crippen LogP contribution in [0.2, 0.25) is 0 Å². The van der Waals surface area contributed by atoms with Gasteiger partial charge >= 0.3 is 0 Å². The van der Waals surface area contributed by atoms with Crippen LogP contribution >= 0.6 is 0 Å². The maximum Gasteiger partial charge on any atom is 0.101 e. The van der Waals surface area contributed by atoms with E-state index < -0.39 is 0 Å². The predicted molar refractivity (Wildman–Crippen MR) is 43.3 cm³/mol. The van der Waals surface area contributed by atoms with Gasteiger partial charge in [-0.15, -0.1) is 0 Å². The van der Waals surface area contributed by atoms with Gasteiger partial charge in [-0.1, -0.05) is 0 Å². The van der Waals surface area contributed by atoms with E-state index in [-0.39, 0.29) is 5.41 Å². The molecule has 2 rings (SSSR count). The van der Waals surface area contributed by atoms with Crippen LogP contribution in [-0.4, -0.2) is 9.97 Å². The smallest absolute Gasteiger partial charge is 0.101 e. The van der Waals surface area contributed by atoms with Gasteiger partial charge in [-0.3, -0.25) is 9.97 Å². The molecule has 1 heterocycles. The molecule has 3 heteroatoms. The molecule has 0 spiro atoms. The summed E-state index contributed by atoms with van der Waals surface area (Å²) >= 11 is 0. The average Bonchev–Trinajstić information content (AvgIpc) is 2.86. The monoisotopic (exact) mass is 159 g/mol. The Morgan fingerprint density at radius 3 is 2.58 bits per heavy atom. The van der Waals surface area contributed by atoms with Crippen molar-refractivity contribution < 1.29 is 0 Å². The van der Waals surface area contributed by atoms with E-state index in [2.05, 4.69) is 16.0 Å². The molecule has 0 amide bonds. The van der Waals surface area contributed by atoms with Crippen LogP contribution in [-0.2, 0) is 5.41 Å². The summed E-state index contributed by atoms with van der Waals surface area (Å²) in [5.41, 5.74) is 1.46. The van der Waals surface area contributed by atoms with Crippen molar-refractivity contribution in [3.8, 4) is 6.07 Å². The minimum Gasteiger partial charge on any atom is -0.258 e. The Balaban J connectivity index is 2.48. The first-order valence-electron chi connectivity index (χ1n) is 3.98. The lowest BCUT2D eigenvalue weighted by atomic mass is 10.0. The van der Waals surface area contributed by atoms with Gasteiger partial charge in [-0.25, -0.2) is 0 Å². The maximum absolute atomic E-state index is 8.92. The fraction of sp³-hybridized carbons (Fsp3) is 0.444. The number of nitriles is 1. The topological polar surface area (TPSA) is 49.6 Å². The molecule has 3 nitrogen and oxygen atoms in total. The zero-order chi connectivity index (χ0) is 8.60. The molecule has 1 fully saturated rings. The van der Waals surface area contributed by atoms with E-state index in [0.29, 0.717) is 0 Å². The van der Waals surface area contributed by atoms with Gasteiger partial charge in [-0.2, -0.15) is 5.26 Å². The van der Waals surface area contributed by atoms with Gasteiger partial charge in [0.1, 0.15) is 5.41 Å². The summed E-state index contributed by atoms with van der Waals surface area (Å²) in [6.07, 6.45) is 5.18. The lowest BCUT2D eigenvalue weighted by molar-refractivity contribution is 0.820. The molecule has 0 aromatic carbocycles. The van der Waals surface area contributed by atoms with Crippen LogP contribution in [0.25, 0.3) is 0 Å². The molecule has 0 saturated heterocycles. The standard InChI is InChI=1S/C9H9N3/c1-7-8(12-5-4-11-7)9(6-10)2-3-9/h4-5H,2-3H2,1H3. The Morgan fingerprint density at radius 1 is 1.42 bits per heavy atom. The van der Waals surface area contributed by atoms with E-state index in [1.165, 1.54) is 0 Å². The molecule has 1 aliphatic carbocycles. The summed E-state index contributed by atoms with van der Waals surface area (Å²) in [6.45, 7) is 1.90. The highest BCUT2D eigenvalue weighted by atomic mass is 14.8. The van der Waals surface area contributed by atoms with Gasteiger partial charge in [0.05, 0.1) is 17.5 Å². The van der Waals surface area contributed by atoms with Gasteiger partial charge in [0, 0.05) is 12.4 Å². The predicted octanol–water partition coefficient (Wildman–Crippen LogP) is 1.34. The highest BCUT2D eigenvalue weighted by Gasteiger charge is 2.47. The lowest BCUT2D eigenvalue weighted by Gasteiger charge is -2.05. The molecular weight excluding hydrogens is 150 g/mol. The van der Waals surface area contributed by atoms with Crippen molar-refractivity contribution in [3.05, 3.63) is 23.8 Å². The molecule has 1 aromatic heterocycles. The van der Waals surface area contributed by atoms with Crippen LogP contribution in [0.5, 0.6) is 0 Å². The first kappa shape index (κ1) is 7.23. The van der Waals surface area contributed by atoms with Crippen molar-refractivity contribution in [1.29, 1.82) is 5.26 Å². The molecule has 12 heavy (non-hydrogen) atoms. The number of hydrogen-bond donors (Lipinski definition) is 0. The maximum atomic E-state index is 8.92. The Labute approximate surface area is 71.1 Å². The average molecular weight is 159 g/mol. The highest BCUT2D eigenvalue weighted by molar-refractivity contribution is 5.35. The summed E-state index contributed by atoms with van der Waals surface area (Å²) in [4.78, 5) is 8.32. The van der Waals surface area contributed by atoms with E-state index in [1.54, 1.807) is 12.4 Å². The summed E-state index contributed by atoms with van der Waals surface area (Å²) in [5.74, 6) is 0. The Bertz CT molecular complexity index is 347. The van der Waals surface area contributed by atoms with Crippen LogP contribution < -0.4 is 0 Å². The van der Waals surface area contributed by atoms with Crippen molar-refractivity contribution in [2.45, 2.75) is 25.2 Å². The molecule has 0 radical (unpaired) electrons. The molecule has 1 aliphatic rings. The summed E-state index contributed by atoms with van der Waals surface area (Å²) in [7, 11) is 0. The quantitative estimate of drug-likeness (QED) is 0.621. The first-order valence-corrected chi connectivity index (χ1v) is 3.98. The van der Waals surface area contributed by atoms with Crippen molar-refractivity contribution in [1.82, 2.24) is 9.97 Å². The number of rotatable bonds is 1. The van der Waals surface area contributed by atoms with Gasteiger partial charge in [0.25, 0.3) is 0 Å². The second kappa shape index (κ2) is 2.28. The van der Waals surface area contributed by atoms with Crippen LogP contribution in [0.15, 0.2) is 12.4 Å². The fourth-order valence-electron chi connectivity index (χ4n) is 1.40. The molecular formula is C9H9N3. The van der Waals surface area contributed by atoms with Crippen LogP contribution in [0, 0.1) is 18.3 Å². The molecule has 0 aliphatic heterocycles. The zero-order valence-electron chi connectivity index (χ0n) is 6.91. The van der Waals surface area contributed by atoms with E-state index in [4.69, 9.17) is 5.26 Å². The van der Waals surface area contributed by atoms with Crippen molar-refractivity contribution in [2.75, 3.05) is 0 Å². The number of nitrogens with zero attached hydrogens (tertiary/aromatic N) is 3. The van der Waals surface area contributed by atoms with E-state index in [1.807, 2.05) is 6.92 Å². The second-order valence-electron chi connectivity index (χ2n) is 3.18. The van der Waals surface area contributed by atoms with E-state index >= 15 is 0 Å². The third-order valence-electron chi connectivity index (χ3n) is 2.30. The summed E-state index contributed by atoms with van der Waals surface area (Å²) in [6, 6.07) is 2.31. The Kier molecular flexibility index (Phi) is 1.37. The van der Waals surface area contributed by atoms with Crippen LogP contribution in [0.1, 0.15) is 24.2 Å². The van der Waals surface area contributed by atoms with E-state index in [0.717, 1.165) is 24.2 Å². The second-order valence-corrected chi connectivity index (χ2v) is 3.18. The van der Waals surface area contributed by atoms with Crippen molar-refractivity contribution in [3.63, 3.8) is 0 Å². The summed E-state index contributed by atoms with van der Waals surface area (Å²) < 4.78 is 0. The molecule has 1 saturated carbocycles. The largest absolute Gasteiger partial charge is 0.258 e. The lowest BCUT2D eigenvalue weighted by Crippen LogP contribution is -2.08. The number of aryl methyl sites for hydroxylation is 1. The third-order valence-corrected chi connectivity index (χ3v) is 2.30. The van der Waals surface area contributed by atoms with Gasteiger partial charge in [0.2, 0.25) is 0 Å². The van der Waals surface area contributed by atoms with Crippen molar-refractivity contribution >= 4 is 0 Å². The zero-order valence-corrected chi connectivity index (χ0v) is 6.91. The van der Waals surface area contributed by atoms with Crippen LogP contribution in [0.3, 0.4) is 0 Å². The first-order chi connectivity index (χ1) is 5.78. The van der Waals surface area contributed by atoms with Gasteiger partial charge < -0.3 is 0 Å². The fourth-order valence-corrected chi connectivity index (χ4v) is 1.40. The molecule has 0 unspecified atom stereocenters. The summed E-state index contributed by atoms with van der Waals surface area (Å²) in [5, 5.41) is 8.92. The van der Waals surface area contributed by atoms with Crippen LogP contribution in [0.4, 0.5) is 0 Å². The number of hydrogen-bond acceptors (Lipinski definition) is 3. The van der Waals surface area contributed by atoms with Crippen molar-refractivity contribution in [2.24, 2.45) is 0 Å². The highest BCUT2D eigenvalue weighted by Crippen LogP contribution is 2.47. The molecule has 1 aromatic rings. The molecule has 0 atom stereocenters. The normalized spacial score (nSPS) is 18.3. The molecule has 0 N–H and O–H groups in total. The minimum absolute atomic E-state index is 0.293. The SMILES string of the molecule is Cc1nccnc1C1(C#N)CC1. The molecule has 0 bridgehead atoms. The minimum atomic E-state index is -0.293. The Morgan fingerprint density at radius 2 is 2.08 bits per heavy atom. The van der Waals surface area contributed by atoms with E-state index in [9.17, 15) is 0 Å². The van der Waals surface area contributed by atoms with Gasteiger partial charge in [0.15, 0.2) is 0 Å².